The Kier molecular flexibility index (Phi) is 3.36. The van der Waals surface area contributed by atoms with Crippen molar-refractivity contribution in [1.82, 2.24) is 10.4 Å². The van der Waals surface area contributed by atoms with Gasteiger partial charge in [-0.3, -0.25) is 5.43 Å². The Morgan fingerprint density at radius 2 is 2.00 bits per heavy atom. The van der Waals surface area contributed by atoms with E-state index in [9.17, 15) is 0 Å². The Balaban J connectivity index is 1.71. The van der Waals surface area contributed by atoms with Crippen molar-refractivity contribution >= 4 is 16.7 Å². The Labute approximate surface area is 113 Å². The number of rotatable bonds is 3. The summed E-state index contributed by atoms with van der Waals surface area (Å²) in [6.45, 7) is 2.26. The van der Waals surface area contributed by atoms with Crippen LogP contribution in [0.1, 0.15) is 26.2 Å². The van der Waals surface area contributed by atoms with Gasteiger partial charge in [-0.25, -0.2) is 4.98 Å². The Hall–Kier alpha value is -2.03. The number of fused-ring (bicyclic) bond motifs is 1. The predicted molar refractivity (Wildman–Crippen MR) is 79.6 cm³/mol. The van der Waals surface area contributed by atoms with Gasteiger partial charge in [-0.15, -0.1) is 0 Å². The van der Waals surface area contributed by atoms with Gasteiger partial charge >= 0.3 is 0 Å². The highest BCUT2D eigenvalue weighted by atomic mass is 15.4. The minimum Gasteiger partial charge on any atom is -0.304 e. The third-order valence-electron chi connectivity index (χ3n) is 3.54. The van der Waals surface area contributed by atoms with E-state index in [1.165, 1.54) is 23.9 Å². The lowest BCUT2D eigenvalue weighted by molar-refractivity contribution is 0.551. The summed E-state index contributed by atoms with van der Waals surface area (Å²) in [5, 5.41) is 1.17. The van der Waals surface area contributed by atoms with E-state index in [2.05, 4.69) is 41.0 Å². The van der Waals surface area contributed by atoms with Crippen LogP contribution in [-0.4, -0.2) is 4.98 Å². The smallest absolute Gasteiger partial charge is 0.145 e. The SMILES string of the molecule is CC1C=C(NNc2ccc3ccccc3n2)CCC1. The molecule has 0 aliphatic heterocycles. The van der Waals surface area contributed by atoms with Crippen LogP contribution in [0.3, 0.4) is 0 Å². The van der Waals surface area contributed by atoms with Crippen molar-refractivity contribution in [2.75, 3.05) is 5.43 Å². The lowest BCUT2D eigenvalue weighted by atomic mass is 9.96. The number of hydrazine groups is 1. The summed E-state index contributed by atoms with van der Waals surface area (Å²) in [4.78, 5) is 4.58. The lowest BCUT2D eigenvalue weighted by Crippen LogP contribution is -2.23. The van der Waals surface area contributed by atoms with Gasteiger partial charge in [-0.1, -0.05) is 31.2 Å². The van der Waals surface area contributed by atoms with Crippen molar-refractivity contribution in [1.29, 1.82) is 0 Å². The maximum Gasteiger partial charge on any atom is 0.145 e. The Morgan fingerprint density at radius 3 is 2.89 bits per heavy atom. The Morgan fingerprint density at radius 1 is 1.11 bits per heavy atom. The van der Waals surface area contributed by atoms with Gasteiger partial charge in [0, 0.05) is 11.1 Å². The van der Waals surface area contributed by atoms with Crippen LogP contribution < -0.4 is 10.9 Å². The highest BCUT2D eigenvalue weighted by Gasteiger charge is 2.09. The zero-order valence-corrected chi connectivity index (χ0v) is 11.2. The summed E-state index contributed by atoms with van der Waals surface area (Å²) < 4.78 is 0. The van der Waals surface area contributed by atoms with Crippen LogP contribution in [0.2, 0.25) is 0 Å². The molecule has 1 heterocycles. The number of pyridine rings is 1. The Bertz CT molecular complexity index is 604. The molecule has 0 radical (unpaired) electrons. The molecule has 0 spiro atoms. The first-order chi connectivity index (χ1) is 9.31. The molecule has 3 heteroatoms. The number of allylic oxidation sites excluding steroid dienone is 2. The monoisotopic (exact) mass is 253 g/mol. The van der Waals surface area contributed by atoms with E-state index in [1.807, 2.05) is 24.3 Å². The summed E-state index contributed by atoms with van der Waals surface area (Å²) >= 11 is 0. The lowest BCUT2D eigenvalue weighted by Gasteiger charge is -2.19. The van der Waals surface area contributed by atoms with Gasteiger partial charge in [-0.2, -0.15) is 0 Å². The third-order valence-corrected chi connectivity index (χ3v) is 3.54. The predicted octanol–water partition coefficient (Wildman–Crippen LogP) is 3.86. The molecule has 2 N–H and O–H groups in total. The molecule has 0 bridgehead atoms. The number of hydrogen-bond donors (Lipinski definition) is 2. The normalized spacial score (nSPS) is 19.0. The first-order valence-corrected chi connectivity index (χ1v) is 6.90. The molecule has 0 saturated carbocycles. The average molecular weight is 253 g/mol. The average Bonchev–Trinajstić information content (AvgIpc) is 2.45. The van der Waals surface area contributed by atoms with Gasteiger partial charge in [0.25, 0.3) is 0 Å². The summed E-state index contributed by atoms with van der Waals surface area (Å²) in [5.74, 6) is 1.53. The quantitative estimate of drug-likeness (QED) is 0.816. The molecule has 98 valence electrons. The van der Waals surface area contributed by atoms with E-state index in [1.54, 1.807) is 0 Å². The van der Waals surface area contributed by atoms with E-state index >= 15 is 0 Å². The first-order valence-electron chi connectivity index (χ1n) is 6.90. The number of benzene rings is 1. The second-order valence-electron chi connectivity index (χ2n) is 5.20. The fraction of sp³-hybridized carbons (Fsp3) is 0.312. The number of aromatic nitrogens is 1. The standard InChI is InChI=1S/C16H19N3/c1-12-5-4-7-14(11-12)18-19-16-10-9-13-6-2-3-8-15(13)17-16/h2-3,6,8-12,18H,4-5,7H2,1H3,(H,17,19). The first kappa shape index (κ1) is 12.0. The van der Waals surface area contributed by atoms with Crippen LogP contribution >= 0.6 is 0 Å². The molecule has 1 aliphatic rings. The number of nitrogens with one attached hydrogen (secondary N) is 2. The second kappa shape index (κ2) is 5.31. The highest BCUT2D eigenvalue weighted by molar-refractivity contribution is 5.79. The van der Waals surface area contributed by atoms with Crippen LogP contribution in [0.15, 0.2) is 48.2 Å². The van der Waals surface area contributed by atoms with Crippen LogP contribution in [-0.2, 0) is 0 Å². The molecular formula is C16H19N3. The van der Waals surface area contributed by atoms with E-state index in [4.69, 9.17) is 0 Å². The molecule has 1 atom stereocenters. The molecule has 0 amide bonds. The van der Waals surface area contributed by atoms with Crippen molar-refractivity contribution in [2.24, 2.45) is 5.92 Å². The zero-order valence-electron chi connectivity index (χ0n) is 11.2. The molecule has 3 rings (SSSR count). The van der Waals surface area contributed by atoms with Crippen LogP contribution in [0, 0.1) is 5.92 Å². The number of anilines is 1. The maximum absolute atomic E-state index is 4.58. The second-order valence-corrected chi connectivity index (χ2v) is 5.20. The van der Waals surface area contributed by atoms with Gasteiger partial charge in [0.15, 0.2) is 0 Å². The van der Waals surface area contributed by atoms with Crippen molar-refractivity contribution in [3.05, 3.63) is 48.2 Å². The molecule has 3 nitrogen and oxygen atoms in total. The summed E-state index contributed by atoms with van der Waals surface area (Å²) in [7, 11) is 0. The van der Waals surface area contributed by atoms with Crippen LogP contribution in [0.5, 0.6) is 0 Å². The van der Waals surface area contributed by atoms with Gasteiger partial charge in [0.05, 0.1) is 5.52 Å². The van der Waals surface area contributed by atoms with E-state index in [0.29, 0.717) is 5.92 Å². The van der Waals surface area contributed by atoms with Gasteiger partial charge in [-0.05, 0) is 43.4 Å². The topological polar surface area (TPSA) is 37.0 Å². The molecule has 1 unspecified atom stereocenters. The molecule has 2 aromatic rings. The molecule has 1 aromatic carbocycles. The minimum absolute atomic E-state index is 0.669. The molecule has 0 fully saturated rings. The zero-order chi connectivity index (χ0) is 13.1. The minimum atomic E-state index is 0.669. The third kappa shape index (κ3) is 2.87. The summed E-state index contributed by atoms with van der Waals surface area (Å²) in [6.07, 6.45) is 5.97. The van der Waals surface area contributed by atoms with E-state index in [0.717, 1.165) is 17.8 Å². The summed E-state index contributed by atoms with van der Waals surface area (Å²) in [6, 6.07) is 12.2. The molecular weight excluding hydrogens is 234 g/mol. The maximum atomic E-state index is 4.58. The van der Waals surface area contributed by atoms with Gasteiger partial charge in [0.1, 0.15) is 5.82 Å². The van der Waals surface area contributed by atoms with Gasteiger partial charge < -0.3 is 5.43 Å². The van der Waals surface area contributed by atoms with Crippen LogP contribution in [0.4, 0.5) is 5.82 Å². The van der Waals surface area contributed by atoms with Crippen LogP contribution in [0.25, 0.3) is 10.9 Å². The number of hydrogen-bond acceptors (Lipinski definition) is 3. The summed E-state index contributed by atoms with van der Waals surface area (Å²) in [5.41, 5.74) is 8.77. The highest BCUT2D eigenvalue weighted by Crippen LogP contribution is 2.20. The van der Waals surface area contributed by atoms with Crippen molar-refractivity contribution < 1.29 is 0 Å². The number of nitrogens with zero attached hydrogens (tertiary/aromatic N) is 1. The largest absolute Gasteiger partial charge is 0.304 e. The fourth-order valence-electron chi connectivity index (χ4n) is 2.51. The molecule has 19 heavy (non-hydrogen) atoms. The van der Waals surface area contributed by atoms with E-state index < -0.39 is 0 Å². The van der Waals surface area contributed by atoms with Crippen molar-refractivity contribution in [3.63, 3.8) is 0 Å². The molecule has 1 aromatic heterocycles. The molecule has 1 aliphatic carbocycles. The fourth-order valence-corrected chi connectivity index (χ4v) is 2.51. The van der Waals surface area contributed by atoms with Crippen molar-refractivity contribution in [3.8, 4) is 0 Å². The van der Waals surface area contributed by atoms with Crippen molar-refractivity contribution in [2.45, 2.75) is 26.2 Å². The molecule has 0 saturated heterocycles. The van der Waals surface area contributed by atoms with E-state index in [-0.39, 0.29) is 0 Å². The number of para-hydroxylation sites is 1. The van der Waals surface area contributed by atoms with Gasteiger partial charge in [0.2, 0.25) is 0 Å².